The third kappa shape index (κ3) is 1.82. The maximum Gasteiger partial charge on any atom is 0.165 e. The van der Waals surface area contributed by atoms with E-state index in [0.717, 1.165) is 36.6 Å². The molecule has 26 heavy (non-hydrogen) atoms. The van der Waals surface area contributed by atoms with E-state index >= 15 is 0 Å². The van der Waals surface area contributed by atoms with E-state index in [1.165, 1.54) is 12.8 Å². The van der Waals surface area contributed by atoms with E-state index in [2.05, 4.69) is 4.90 Å². The highest BCUT2D eigenvalue weighted by Crippen LogP contribution is 2.65. The van der Waals surface area contributed by atoms with Crippen LogP contribution in [0.4, 0.5) is 4.39 Å². The minimum absolute atomic E-state index is 0. The van der Waals surface area contributed by atoms with Gasteiger partial charge in [-0.1, -0.05) is 6.07 Å². The fraction of sp³-hybridized carbons (Fsp3) is 0.700. The minimum atomic E-state index is -1.09. The van der Waals surface area contributed by atoms with Gasteiger partial charge in [0.1, 0.15) is 12.3 Å². The average Bonchev–Trinajstić information content (AvgIpc) is 3.32. The van der Waals surface area contributed by atoms with E-state index in [1.807, 2.05) is 6.07 Å². The molecule has 6 rings (SSSR count). The van der Waals surface area contributed by atoms with Gasteiger partial charge in [-0.2, -0.15) is 0 Å². The van der Waals surface area contributed by atoms with Gasteiger partial charge < -0.3 is 14.9 Å². The van der Waals surface area contributed by atoms with Gasteiger partial charge in [0.05, 0.1) is 11.0 Å². The zero-order valence-electron chi connectivity index (χ0n) is 14.7. The summed E-state index contributed by atoms with van der Waals surface area (Å²) in [6.45, 7) is 1.93. The number of piperidine rings is 1. The van der Waals surface area contributed by atoms with Crippen molar-refractivity contribution in [2.24, 2.45) is 5.92 Å². The van der Waals surface area contributed by atoms with Crippen LogP contribution in [0.1, 0.15) is 43.2 Å². The smallest absolute Gasteiger partial charge is 0.165 e. The van der Waals surface area contributed by atoms with E-state index < -0.39 is 23.3 Å². The molecule has 2 N–H and O–H groups in total. The Hall–Kier alpha value is -1.04. The van der Waals surface area contributed by atoms with Crippen LogP contribution in [0.3, 0.4) is 0 Å². The van der Waals surface area contributed by atoms with Crippen LogP contribution in [0.25, 0.3) is 0 Å². The Bertz CT molecular complexity index is 772. The van der Waals surface area contributed by atoms with Gasteiger partial charge in [-0.05, 0) is 62.6 Å². The number of alkyl halides is 1. The number of hydrogen-bond acceptors (Lipinski definition) is 4. The van der Waals surface area contributed by atoms with E-state index in [0.29, 0.717) is 25.0 Å². The summed E-state index contributed by atoms with van der Waals surface area (Å²) in [6, 6.07) is 3.65. The Morgan fingerprint density at radius 1 is 1.23 bits per heavy atom. The molecule has 5 aliphatic rings. The molecule has 1 aromatic carbocycles. The largest absolute Gasteiger partial charge is 0.504 e. The van der Waals surface area contributed by atoms with Gasteiger partial charge in [0.2, 0.25) is 0 Å². The Morgan fingerprint density at radius 2 is 2.04 bits per heavy atom. The van der Waals surface area contributed by atoms with Crippen molar-refractivity contribution in [3.63, 3.8) is 0 Å². The van der Waals surface area contributed by atoms with Gasteiger partial charge in [-0.3, -0.25) is 4.90 Å². The molecule has 2 bridgehead atoms. The number of rotatable bonds is 2. The number of hydrogen-bond donors (Lipinski definition) is 2. The lowest BCUT2D eigenvalue weighted by atomic mass is 9.49. The molecular formula is C20H25ClFNO3. The number of aromatic hydroxyl groups is 1. The molecular weight excluding hydrogens is 357 g/mol. The lowest BCUT2D eigenvalue weighted by Gasteiger charge is -2.63. The van der Waals surface area contributed by atoms with Crippen LogP contribution in [-0.4, -0.2) is 52.1 Å². The van der Waals surface area contributed by atoms with Crippen molar-refractivity contribution >= 4 is 12.4 Å². The van der Waals surface area contributed by atoms with Crippen molar-refractivity contribution in [3.05, 3.63) is 23.3 Å². The van der Waals surface area contributed by atoms with E-state index in [9.17, 15) is 14.6 Å². The van der Waals surface area contributed by atoms with Gasteiger partial charge in [0.25, 0.3) is 0 Å². The summed E-state index contributed by atoms with van der Waals surface area (Å²) >= 11 is 0. The molecule has 2 unspecified atom stereocenters. The van der Waals surface area contributed by atoms with Crippen LogP contribution in [0.2, 0.25) is 0 Å². The Kier molecular flexibility index (Phi) is 3.46. The summed E-state index contributed by atoms with van der Waals surface area (Å²) < 4.78 is 20.9. The molecule has 0 radical (unpaired) electrons. The summed E-state index contributed by atoms with van der Waals surface area (Å²) in [5, 5.41) is 22.3. The van der Waals surface area contributed by atoms with Crippen LogP contribution in [0.15, 0.2) is 12.1 Å². The van der Waals surface area contributed by atoms with Crippen molar-refractivity contribution in [2.75, 3.05) is 13.1 Å². The Balaban J connectivity index is 0.00000150. The lowest BCUT2D eigenvalue weighted by molar-refractivity contribution is -0.199. The van der Waals surface area contributed by atoms with Gasteiger partial charge in [0.15, 0.2) is 11.5 Å². The Labute approximate surface area is 158 Å². The third-order valence-corrected chi connectivity index (χ3v) is 7.69. The highest BCUT2D eigenvalue weighted by Gasteiger charge is 2.73. The maximum absolute atomic E-state index is 14.9. The standard InChI is InChI=1S/C20H24FNO3.ClH/c21-13-5-6-20(24)15-9-12-3-4-14(23)17-16(12)19(20,18(13)25-17)7-8-22(15)10-11-1-2-11;/h3-4,11,13,15,18,23-24H,1-2,5-10H2;1H/t13?,15-,18?,19+,20-;/m1./s1. The predicted octanol–water partition coefficient (Wildman–Crippen LogP) is 2.72. The van der Waals surface area contributed by atoms with Crippen molar-refractivity contribution in [1.82, 2.24) is 4.90 Å². The fourth-order valence-electron chi connectivity index (χ4n) is 6.42. The number of aliphatic hydroxyl groups is 1. The third-order valence-electron chi connectivity index (χ3n) is 7.69. The lowest BCUT2D eigenvalue weighted by Crippen LogP contribution is -2.76. The normalized spacial score (nSPS) is 42.6. The van der Waals surface area contributed by atoms with Crippen LogP contribution in [-0.2, 0) is 11.8 Å². The second-order valence-electron chi connectivity index (χ2n) is 8.84. The second kappa shape index (κ2) is 5.27. The van der Waals surface area contributed by atoms with Crippen LogP contribution < -0.4 is 4.74 Å². The first kappa shape index (κ1) is 17.1. The molecule has 2 heterocycles. The number of likely N-dealkylation sites (tertiary alicyclic amines) is 1. The first-order valence-electron chi connectivity index (χ1n) is 9.67. The van der Waals surface area contributed by atoms with Crippen molar-refractivity contribution in [3.8, 4) is 11.5 Å². The second-order valence-corrected chi connectivity index (χ2v) is 8.84. The summed E-state index contributed by atoms with van der Waals surface area (Å²) in [7, 11) is 0. The van der Waals surface area contributed by atoms with Gasteiger partial charge in [0, 0.05) is 18.2 Å². The van der Waals surface area contributed by atoms with Gasteiger partial charge >= 0.3 is 0 Å². The SMILES string of the molecule is Cl.Oc1ccc2c3c1OC1C(F)CC[C@@]4(O)[C@@H](C2)N(CC2CC2)CC[C@]314. The van der Waals surface area contributed by atoms with Crippen LogP contribution in [0.5, 0.6) is 11.5 Å². The quantitative estimate of drug-likeness (QED) is 0.827. The van der Waals surface area contributed by atoms with Crippen molar-refractivity contribution in [2.45, 2.75) is 67.9 Å². The Morgan fingerprint density at radius 3 is 2.81 bits per heavy atom. The van der Waals surface area contributed by atoms with Crippen LogP contribution >= 0.6 is 12.4 Å². The molecule has 0 amide bonds. The molecule has 142 valence electrons. The van der Waals surface area contributed by atoms with Crippen molar-refractivity contribution < 1.29 is 19.3 Å². The summed E-state index contributed by atoms with van der Waals surface area (Å²) in [5.41, 5.74) is 0.375. The average molecular weight is 382 g/mol. The number of nitrogens with zero attached hydrogens (tertiary/aromatic N) is 1. The first-order valence-corrected chi connectivity index (χ1v) is 9.67. The summed E-state index contributed by atoms with van der Waals surface area (Å²) in [4.78, 5) is 2.46. The number of benzene rings is 1. The minimum Gasteiger partial charge on any atom is -0.504 e. The monoisotopic (exact) mass is 381 g/mol. The zero-order valence-corrected chi connectivity index (χ0v) is 15.5. The number of phenolic OH excluding ortho intramolecular Hbond substituents is 1. The van der Waals surface area contributed by atoms with Gasteiger partial charge in [-0.15, -0.1) is 12.4 Å². The molecule has 2 saturated carbocycles. The molecule has 1 saturated heterocycles. The molecule has 5 atom stereocenters. The van der Waals surface area contributed by atoms with Crippen molar-refractivity contribution in [1.29, 1.82) is 0 Å². The number of phenols is 1. The van der Waals surface area contributed by atoms with E-state index in [-0.39, 0.29) is 24.2 Å². The number of halogens is 2. The molecule has 1 spiro atoms. The topological polar surface area (TPSA) is 52.9 Å². The number of ether oxygens (including phenoxy) is 1. The van der Waals surface area contributed by atoms with Gasteiger partial charge in [-0.25, -0.2) is 4.39 Å². The molecule has 0 aromatic heterocycles. The highest BCUT2D eigenvalue weighted by atomic mass is 35.5. The molecule has 1 aromatic rings. The molecule has 4 nitrogen and oxygen atoms in total. The maximum atomic E-state index is 14.9. The summed E-state index contributed by atoms with van der Waals surface area (Å²) in [5.74, 6) is 1.28. The molecule has 2 aliphatic heterocycles. The highest BCUT2D eigenvalue weighted by molar-refractivity contribution is 5.85. The molecule has 3 fully saturated rings. The molecule has 6 heteroatoms. The van der Waals surface area contributed by atoms with Crippen LogP contribution in [0, 0.1) is 5.92 Å². The molecule has 3 aliphatic carbocycles. The van der Waals surface area contributed by atoms with E-state index in [1.54, 1.807) is 6.07 Å². The first-order chi connectivity index (χ1) is 12.0. The summed E-state index contributed by atoms with van der Waals surface area (Å²) in [6.07, 6.45) is 3.11. The fourth-order valence-corrected chi connectivity index (χ4v) is 6.42. The van der Waals surface area contributed by atoms with E-state index in [4.69, 9.17) is 4.74 Å². The zero-order chi connectivity index (χ0) is 17.0. The predicted molar refractivity (Wildman–Crippen MR) is 96.9 cm³/mol.